The predicted octanol–water partition coefficient (Wildman–Crippen LogP) is 0.878. The quantitative estimate of drug-likeness (QED) is 0.463. The zero-order valence-corrected chi connectivity index (χ0v) is 13.9. The largest absolute Gasteiger partial charge is 0.368 e. The average molecular weight is 315 g/mol. The van der Waals surface area contributed by atoms with E-state index >= 15 is 0 Å². The van der Waals surface area contributed by atoms with E-state index in [9.17, 15) is 9.59 Å². The number of unbranched alkanes of at least 4 members (excludes halogenated alkanes) is 1. The number of carbonyl (C=O) groups excluding carboxylic acids is 1. The number of nitrogens with zero attached hydrogens (tertiary/aromatic N) is 2. The molecule has 0 aliphatic carbocycles. The highest BCUT2D eigenvalue weighted by molar-refractivity contribution is 7.99. The van der Waals surface area contributed by atoms with Crippen LogP contribution in [0, 0.1) is 0 Å². The molecule has 8 heteroatoms. The summed E-state index contributed by atoms with van der Waals surface area (Å²) >= 11 is 1.55. The molecule has 0 aliphatic rings. The zero-order valence-electron chi connectivity index (χ0n) is 13.1. The van der Waals surface area contributed by atoms with Gasteiger partial charge >= 0.3 is 5.69 Å². The number of thioether (sulfide) groups is 1. The maximum Gasteiger partial charge on any atom is 0.344 e. The van der Waals surface area contributed by atoms with Crippen molar-refractivity contribution in [2.75, 3.05) is 12.8 Å². The van der Waals surface area contributed by atoms with E-state index in [0.29, 0.717) is 11.6 Å². The van der Waals surface area contributed by atoms with E-state index in [-0.39, 0.29) is 17.6 Å². The molecule has 1 heterocycles. The molecule has 21 heavy (non-hydrogen) atoms. The number of hydrogen-bond donors (Lipinski definition) is 3. The van der Waals surface area contributed by atoms with Gasteiger partial charge in [0, 0.05) is 11.8 Å². The molecule has 1 rings (SSSR count). The van der Waals surface area contributed by atoms with Crippen molar-refractivity contribution in [3.05, 3.63) is 10.5 Å². The summed E-state index contributed by atoms with van der Waals surface area (Å²) in [6.07, 6.45) is 2.49. The van der Waals surface area contributed by atoms with Crippen LogP contribution in [-0.2, 0) is 4.79 Å². The monoisotopic (exact) mass is 315 g/mol. The number of hydrogen-bond acceptors (Lipinski definition) is 5. The molecular weight excluding hydrogens is 290 g/mol. The topological polar surface area (TPSA) is 106 Å². The summed E-state index contributed by atoms with van der Waals surface area (Å²) in [6.45, 7) is 5.71. The Morgan fingerprint density at radius 1 is 1.52 bits per heavy atom. The zero-order chi connectivity index (χ0) is 16.0. The van der Waals surface area contributed by atoms with Crippen LogP contribution in [0.1, 0.15) is 46.1 Å². The Kier molecular flexibility index (Phi) is 6.47. The first-order chi connectivity index (χ1) is 9.81. The molecule has 1 amide bonds. The molecule has 1 aromatic heterocycles. The molecular formula is C13H25N5O2S. The number of nitrogens with one attached hydrogen (secondary N) is 2. The molecule has 1 atom stereocenters. The summed E-state index contributed by atoms with van der Waals surface area (Å²) < 4.78 is 1.64. The Morgan fingerprint density at radius 3 is 2.71 bits per heavy atom. The fourth-order valence-electron chi connectivity index (χ4n) is 1.96. The van der Waals surface area contributed by atoms with Crippen LogP contribution in [0.2, 0.25) is 0 Å². The van der Waals surface area contributed by atoms with Crippen molar-refractivity contribution in [3.63, 3.8) is 0 Å². The Labute approximate surface area is 129 Å². The first-order valence-electron chi connectivity index (χ1n) is 7.10. The third-order valence-corrected chi connectivity index (χ3v) is 4.63. The third kappa shape index (κ3) is 4.60. The van der Waals surface area contributed by atoms with Gasteiger partial charge in [0.25, 0.3) is 0 Å². The molecule has 0 fully saturated rings. The van der Waals surface area contributed by atoms with Crippen LogP contribution in [-0.4, -0.2) is 39.0 Å². The Morgan fingerprint density at radius 2 is 2.19 bits per heavy atom. The maximum absolute atomic E-state index is 11.6. The van der Waals surface area contributed by atoms with Crippen LogP contribution < -0.4 is 16.7 Å². The highest BCUT2D eigenvalue weighted by Crippen LogP contribution is 2.20. The van der Waals surface area contributed by atoms with E-state index in [0.717, 1.165) is 18.6 Å². The van der Waals surface area contributed by atoms with Gasteiger partial charge in [-0.25, -0.2) is 9.89 Å². The number of carbonyl (C=O) groups is 1. The van der Waals surface area contributed by atoms with Crippen LogP contribution >= 0.6 is 11.8 Å². The lowest BCUT2D eigenvalue weighted by molar-refractivity contribution is -0.123. The molecule has 1 unspecified atom stereocenters. The first kappa shape index (κ1) is 17.8. The molecule has 120 valence electrons. The van der Waals surface area contributed by atoms with Crippen LogP contribution in [0.25, 0.3) is 0 Å². The van der Waals surface area contributed by atoms with E-state index in [4.69, 9.17) is 5.73 Å². The standard InChI is InChI=1S/C13H25N5O2S/c1-9(2)18-11(20)16-17-12(18)21-8-6-5-7-13(3,15-4)10(14)19/h9,15H,5-8H2,1-4H3,(H2,14,19)(H,16,20). The predicted molar refractivity (Wildman–Crippen MR) is 84.5 cm³/mol. The van der Waals surface area contributed by atoms with Crippen molar-refractivity contribution >= 4 is 17.7 Å². The number of likely N-dealkylation sites (N-methyl/N-ethyl adjacent to an activating group) is 1. The summed E-state index contributed by atoms with van der Waals surface area (Å²) in [6, 6.07) is 0.0844. The molecule has 0 aliphatic heterocycles. The smallest absolute Gasteiger partial charge is 0.344 e. The number of rotatable bonds is 9. The van der Waals surface area contributed by atoms with Gasteiger partial charge < -0.3 is 11.1 Å². The molecule has 0 saturated heterocycles. The van der Waals surface area contributed by atoms with Crippen molar-refractivity contribution in [1.82, 2.24) is 20.1 Å². The van der Waals surface area contributed by atoms with Gasteiger partial charge in [0.2, 0.25) is 5.91 Å². The molecule has 4 N–H and O–H groups in total. The highest BCUT2D eigenvalue weighted by atomic mass is 32.2. The average Bonchev–Trinajstić information content (AvgIpc) is 2.79. The van der Waals surface area contributed by atoms with Crippen LogP contribution in [0.4, 0.5) is 0 Å². The lowest BCUT2D eigenvalue weighted by Gasteiger charge is -2.25. The number of amides is 1. The molecule has 0 saturated carbocycles. The Bertz CT molecular complexity index is 525. The highest BCUT2D eigenvalue weighted by Gasteiger charge is 2.27. The summed E-state index contributed by atoms with van der Waals surface area (Å²) in [7, 11) is 1.74. The second-order valence-corrected chi connectivity index (χ2v) is 6.59. The van der Waals surface area contributed by atoms with Crippen molar-refractivity contribution in [2.45, 2.75) is 56.8 Å². The SMILES string of the molecule is CNC(C)(CCCCSc1n[nH]c(=O)n1C(C)C)C(N)=O. The molecule has 7 nitrogen and oxygen atoms in total. The molecule has 1 aromatic rings. The van der Waals surface area contributed by atoms with E-state index in [2.05, 4.69) is 15.5 Å². The fourth-order valence-corrected chi connectivity index (χ4v) is 3.04. The van der Waals surface area contributed by atoms with Gasteiger partial charge in [-0.15, -0.1) is 5.10 Å². The fraction of sp³-hybridized carbons (Fsp3) is 0.769. The Balaban J connectivity index is 2.42. The van der Waals surface area contributed by atoms with Gasteiger partial charge in [0.15, 0.2) is 5.16 Å². The van der Waals surface area contributed by atoms with Gasteiger partial charge in [-0.1, -0.05) is 18.2 Å². The number of H-pyrrole nitrogens is 1. The van der Waals surface area contributed by atoms with Gasteiger partial charge in [0.05, 0.1) is 5.54 Å². The number of nitrogens with two attached hydrogens (primary N) is 1. The van der Waals surface area contributed by atoms with Crippen molar-refractivity contribution in [2.24, 2.45) is 5.73 Å². The summed E-state index contributed by atoms with van der Waals surface area (Å²) in [5, 5.41) is 10.2. The summed E-state index contributed by atoms with van der Waals surface area (Å²) in [5.41, 5.74) is 4.55. The number of aromatic nitrogens is 3. The van der Waals surface area contributed by atoms with E-state index in [1.807, 2.05) is 20.8 Å². The maximum atomic E-state index is 11.6. The van der Waals surface area contributed by atoms with Gasteiger partial charge in [-0.3, -0.25) is 9.36 Å². The van der Waals surface area contributed by atoms with Crippen LogP contribution in [0.5, 0.6) is 0 Å². The van der Waals surface area contributed by atoms with E-state index < -0.39 is 5.54 Å². The molecule has 0 bridgehead atoms. The van der Waals surface area contributed by atoms with E-state index in [1.165, 1.54) is 0 Å². The van der Waals surface area contributed by atoms with Crippen molar-refractivity contribution < 1.29 is 4.79 Å². The van der Waals surface area contributed by atoms with Crippen molar-refractivity contribution in [3.8, 4) is 0 Å². The first-order valence-corrected chi connectivity index (χ1v) is 8.09. The second-order valence-electron chi connectivity index (χ2n) is 5.53. The van der Waals surface area contributed by atoms with E-state index in [1.54, 1.807) is 23.4 Å². The second kappa shape index (κ2) is 7.65. The summed E-state index contributed by atoms with van der Waals surface area (Å²) in [4.78, 5) is 22.9. The van der Waals surface area contributed by atoms with Gasteiger partial charge in [0.1, 0.15) is 0 Å². The van der Waals surface area contributed by atoms with Crippen LogP contribution in [0.3, 0.4) is 0 Å². The molecule has 0 aromatic carbocycles. The minimum absolute atomic E-state index is 0.0844. The molecule has 0 spiro atoms. The Hall–Kier alpha value is -1.28. The minimum Gasteiger partial charge on any atom is -0.368 e. The van der Waals surface area contributed by atoms with Crippen molar-refractivity contribution in [1.29, 1.82) is 0 Å². The molecule has 0 radical (unpaired) electrons. The minimum atomic E-state index is -0.656. The lowest BCUT2D eigenvalue weighted by Crippen LogP contribution is -2.51. The van der Waals surface area contributed by atoms with Gasteiger partial charge in [-0.2, -0.15) is 0 Å². The number of aromatic amines is 1. The summed E-state index contributed by atoms with van der Waals surface area (Å²) in [5.74, 6) is 0.508. The van der Waals surface area contributed by atoms with Crippen LogP contribution in [0.15, 0.2) is 9.95 Å². The van der Waals surface area contributed by atoms with Gasteiger partial charge in [-0.05, 0) is 40.7 Å². The lowest BCUT2D eigenvalue weighted by atomic mass is 9.94. The normalized spacial score (nSPS) is 14.3. The number of primary amides is 1. The third-order valence-electron chi connectivity index (χ3n) is 3.59.